The number of rotatable bonds is 3. The molecular formula is C10H8Br2N2S. The molecule has 15 heavy (non-hydrogen) atoms. The molecule has 0 fully saturated rings. The second-order valence-corrected chi connectivity index (χ2v) is 5.52. The van der Waals surface area contributed by atoms with Gasteiger partial charge < -0.3 is 5.32 Å². The van der Waals surface area contributed by atoms with Gasteiger partial charge >= 0.3 is 0 Å². The van der Waals surface area contributed by atoms with Crippen molar-refractivity contribution in [2.75, 3.05) is 5.32 Å². The van der Waals surface area contributed by atoms with E-state index < -0.39 is 0 Å². The van der Waals surface area contributed by atoms with Gasteiger partial charge in [-0.1, -0.05) is 0 Å². The van der Waals surface area contributed by atoms with Crippen LogP contribution in [0.5, 0.6) is 0 Å². The van der Waals surface area contributed by atoms with Crippen LogP contribution in [-0.2, 0) is 6.54 Å². The lowest BCUT2D eigenvalue weighted by molar-refractivity contribution is 1.11. The third kappa shape index (κ3) is 3.03. The topological polar surface area (TPSA) is 24.9 Å². The van der Waals surface area contributed by atoms with Crippen molar-refractivity contribution in [2.45, 2.75) is 6.54 Å². The van der Waals surface area contributed by atoms with Gasteiger partial charge in [0, 0.05) is 17.2 Å². The van der Waals surface area contributed by atoms with Crippen LogP contribution in [0, 0.1) is 0 Å². The van der Waals surface area contributed by atoms with Crippen LogP contribution in [0.25, 0.3) is 0 Å². The maximum Gasteiger partial charge on any atom is 0.140 e. The first kappa shape index (κ1) is 11.1. The average Bonchev–Trinajstić information content (AvgIpc) is 2.69. The number of halogens is 2. The number of hydrogen-bond acceptors (Lipinski definition) is 3. The highest BCUT2D eigenvalue weighted by molar-refractivity contribution is 9.11. The minimum atomic E-state index is 0.802. The summed E-state index contributed by atoms with van der Waals surface area (Å²) in [6, 6.07) is 4.08. The molecule has 2 nitrogen and oxygen atoms in total. The van der Waals surface area contributed by atoms with Crippen molar-refractivity contribution in [3.63, 3.8) is 0 Å². The molecule has 0 aliphatic rings. The summed E-state index contributed by atoms with van der Waals surface area (Å²) in [5, 5.41) is 7.47. The fourth-order valence-electron chi connectivity index (χ4n) is 1.12. The first-order valence-electron chi connectivity index (χ1n) is 4.31. The molecule has 2 rings (SSSR count). The first-order valence-corrected chi connectivity index (χ1v) is 6.84. The number of nitrogens with one attached hydrogen (secondary N) is 1. The van der Waals surface area contributed by atoms with Crippen LogP contribution in [0.3, 0.4) is 0 Å². The van der Waals surface area contributed by atoms with E-state index in [4.69, 9.17) is 0 Å². The number of nitrogens with zero attached hydrogens (tertiary/aromatic N) is 1. The molecule has 0 bridgehead atoms. The number of anilines is 1. The van der Waals surface area contributed by atoms with E-state index >= 15 is 0 Å². The van der Waals surface area contributed by atoms with Gasteiger partial charge in [0.05, 0.1) is 4.47 Å². The molecule has 2 aromatic heterocycles. The highest BCUT2D eigenvalue weighted by Crippen LogP contribution is 2.23. The number of pyridine rings is 1. The van der Waals surface area contributed by atoms with E-state index in [9.17, 15) is 0 Å². The Labute approximate surface area is 109 Å². The highest BCUT2D eigenvalue weighted by atomic mass is 79.9. The Balaban J connectivity index is 2.05. The molecule has 0 saturated carbocycles. The quantitative estimate of drug-likeness (QED) is 0.896. The monoisotopic (exact) mass is 346 g/mol. The summed E-state index contributed by atoms with van der Waals surface area (Å²) in [7, 11) is 0. The Morgan fingerprint density at radius 1 is 1.40 bits per heavy atom. The van der Waals surface area contributed by atoms with E-state index in [-0.39, 0.29) is 0 Å². The van der Waals surface area contributed by atoms with Crippen molar-refractivity contribution in [2.24, 2.45) is 0 Å². The summed E-state index contributed by atoms with van der Waals surface area (Å²) in [6.07, 6.45) is 1.78. The number of aromatic nitrogens is 1. The lowest BCUT2D eigenvalue weighted by Gasteiger charge is -2.06. The van der Waals surface area contributed by atoms with Crippen molar-refractivity contribution in [3.8, 4) is 0 Å². The molecule has 0 unspecified atom stereocenters. The molecular weight excluding hydrogens is 340 g/mol. The molecule has 1 N–H and O–H groups in total. The summed E-state index contributed by atoms with van der Waals surface area (Å²) in [5.74, 6) is 0.865. The summed E-state index contributed by atoms with van der Waals surface area (Å²) in [4.78, 5) is 4.28. The van der Waals surface area contributed by atoms with Crippen LogP contribution in [0.1, 0.15) is 5.56 Å². The SMILES string of the molecule is Brc1cnc(NCc2ccsc2)c(Br)c1. The van der Waals surface area contributed by atoms with E-state index in [0.717, 1.165) is 21.3 Å². The maximum atomic E-state index is 4.28. The summed E-state index contributed by atoms with van der Waals surface area (Å²) in [5.41, 5.74) is 1.27. The zero-order chi connectivity index (χ0) is 10.7. The average molecular weight is 348 g/mol. The van der Waals surface area contributed by atoms with Crippen molar-refractivity contribution in [1.29, 1.82) is 0 Å². The Morgan fingerprint density at radius 3 is 2.93 bits per heavy atom. The minimum absolute atomic E-state index is 0.802. The van der Waals surface area contributed by atoms with Crippen LogP contribution >= 0.6 is 43.2 Å². The van der Waals surface area contributed by atoms with E-state index in [1.807, 2.05) is 6.07 Å². The zero-order valence-electron chi connectivity index (χ0n) is 7.71. The fraction of sp³-hybridized carbons (Fsp3) is 0.100. The standard InChI is InChI=1S/C10H8Br2N2S/c11-8-3-9(12)10(14-5-8)13-4-7-1-2-15-6-7/h1-3,5-6H,4H2,(H,13,14). The van der Waals surface area contributed by atoms with E-state index in [2.05, 4.69) is 59.0 Å². The van der Waals surface area contributed by atoms with Crippen molar-refractivity contribution in [3.05, 3.63) is 43.6 Å². The van der Waals surface area contributed by atoms with Crippen molar-refractivity contribution < 1.29 is 0 Å². The molecule has 2 heterocycles. The Kier molecular flexibility index (Phi) is 3.77. The molecule has 78 valence electrons. The van der Waals surface area contributed by atoms with Gasteiger partial charge in [-0.15, -0.1) is 0 Å². The first-order chi connectivity index (χ1) is 7.25. The van der Waals surface area contributed by atoms with Gasteiger partial charge in [-0.05, 0) is 60.3 Å². The Morgan fingerprint density at radius 2 is 2.27 bits per heavy atom. The third-order valence-corrected chi connectivity index (χ3v) is 3.62. The van der Waals surface area contributed by atoms with Crippen LogP contribution in [-0.4, -0.2) is 4.98 Å². The fourth-order valence-corrected chi connectivity index (χ4v) is 2.92. The number of thiophene rings is 1. The van der Waals surface area contributed by atoms with Gasteiger partial charge in [0.1, 0.15) is 5.82 Å². The summed E-state index contributed by atoms with van der Waals surface area (Å²) in [6.45, 7) is 0.802. The van der Waals surface area contributed by atoms with Gasteiger partial charge in [-0.3, -0.25) is 0 Å². The van der Waals surface area contributed by atoms with Crippen molar-refractivity contribution >= 4 is 49.0 Å². The Bertz CT molecular complexity index is 443. The molecule has 0 aromatic carbocycles. The van der Waals surface area contributed by atoms with Crippen molar-refractivity contribution in [1.82, 2.24) is 4.98 Å². The van der Waals surface area contributed by atoms with E-state index in [1.165, 1.54) is 5.56 Å². The van der Waals surface area contributed by atoms with Gasteiger partial charge in [-0.2, -0.15) is 11.3 Å². The second-order valence-electron chi connectivity index (χ2n) is 2.97. The largest absolute Gasteiger partial charge is 0.365 e. The van der Waals surface area contributed by atoms with Crippen LogP contribution in [0.15, 0.2) is 38.0 Å². The van der Waals surface area contributed by atoms with Crippen LogP contribution in [0.4, 0.5) is 5.82 Å². The lowest BCUT2D eigenvalue weighted by atomic mass is 10.3. The second kappa shape index (κ2) is 5.09. The van der Waals surface area contributed by atoms with Gasteiger partial charge in [-0.25, -0.2) is 4.98 Å². The third-order valence-electron chi connectivity index (χ3n) is 1.85. The maximum absolute atomic E-state index is 4.28. The summed E-state index contributed by atoms with van der Waals surface area (Å²) >= 11 is 8.53. The molecule has 2 aromatic rings. The lowest BCUT2D eigenvalue weighted by Crippen LogP contribution is -2.00. The van der Waals surface area contributed by atoms with E-state index in [0.29, 0.717) is 0 Å². The highest BCUT2D eigenvalue weighted by Gasteiger charge is 2.01. The zero-order valence-corrected chi connectivity index (χ0v) is 11.7. The minimum Gasteiger partial charge on any atom is -0.365 e. The predicted molar refractivity (Wildman–Crippen MR) is 71.3 cm³/mol. The molecule has 0 amide bonds. The van der Waals surface area contributed by atoms with E-state index in [1.54, 1.807) is 17.5 Å². The number of hydrogen-bond donors (Lipinski definition) is 1. The predicted octanol–water partition coefficient (Wildman–Crippen LogP) is 4.28. The smallest absolute Gasteiger partial charge is 0.140 e. The Hall–Kier alpha value is -0.390. The van der Waals surface area contributed by atoms with Crippen LogP contribution < -0.4 is 5.32 Å². The van der Waals surface area contributed by atoms with Gasteiger partial charge in [0.2, 0.25) is 0 Å². The normalized spacial score (nSPS) is 10.3. The molecule has 0 aliphatic heterocycles. The molecule has 0 saturated heterocycles. The molecule has 0 atom stereocenters. The molecule has 5 heteroatoms. The molecule has 0 aliphatic carbocycles. The summed E-state index contributed by atoms with van der Waals surface area (Å²) < 4.78 is 1.93. The molecule has 0 radical (unpaired) electrons. The molecule has 0 spiro atoms. The van der Waals surface area contributed by atoms with Crippen LogP contribution in [0.2, 0.25) is 0 Å². The van der Waals surface area contributed by atoms with Gasteiger partial charge in [0.15, 0.2) is 0 Å². The van der Waals surface area contributed by atoms with Gasteiger partial charge in [0.25, 0.3) is 0 Å².